The van der Waals surface area contributed by atoms with Crippen LogP contribution in [0.3, 0.4) is 0 Å². The van der Waals surface area contributed by atoms with E-state index in [0.29, 0.717) is 11.3 Å². The van der Waals surface area contributed by atoms with Crippen molar-refractivity contribution in [2.45, 2.75) is 0 Å². The average molecular weight is 389 g/mol. The molecule has 27 heavy (non-hydrogen) atoms. The highest BCUT2D eigenvalue weighted by Crippen LogP contribution is 2.20. The predicted molar refractivity (Wildman–Crippen MR) is 97.7 cm³/mol. The molecule has 0 aliphatic heterocycles. The number of anilines is 1. The van der Waals surface area contributed by atoms with E-state index in [1.807, 2.05) is 6.07 Å². The van der Waals surface area contributed by atoms with Crippen molar-refractivity contribution < 1.29 is 23.5 Å². The molecule has 0 saturated carbocycles. The third-order valence-corrected chi connectivity index (χ3v) is 3.62. The maximum Gasteiger partial charge on any atom is 0.331 e. The lowest BCUT2D eigenvalue weighted by molar-refractivity contribution is -0.142. The summed E-state index contributed by atoms with van der Waals surface area (Å²) in [7, 11) is 1.35. The van der Waals surface area contributed by atoms with Crippen LogP contribution in [-0.2, 0) is 14.3 Å². The van der Waals surface area contributed by atoms with Crippen LogP contribution in [-0.4, -0.2) is 25.6 Å². The summed E-state index contributed by atoms with van der Waals surface area (Å²) in [6.45, 7) is -0.516. The van der Waals surface area contributed by atoms with Gasteiger partial charge in [0.05, 0.1) is 17.7 Å². The summed E-state index contributed by atoms with van der Waals surface area (Å²) in [4.78, 5) is 23.4. The van der Waals surface area contributed by atoms with E-state index >= 15 is 0 Å². The van der Waals surface area contributed by atoms with Crippen molar-refractivity contribution >= 4 is 35.2 Å². The van der Waals surface area contributed by atoms with Crippen molar-refractivity contribution in [3.05, 3.63) is 64.4 Å². The van der Waals surface area contributed by atoms with Gasteiger partial charge in [-0.2, -0.15) is 5.26 Å². The van der Waals surface area contributed by atoms with E-state index in [9.17, 15) is 14.0 Å². The normalized spacial score (nSPS) is 10.3. The number of halogens is 2. The Kier molecular flexibility index (Phi) is 6.92. The number of carbonyl (C=O) groups is 2. The van der Waals surface area contributed by atoms with Gasteiger partial charge >= 0.3 is 5.97 Å². The first kappa shape index (κ1) is 19.9. The van der Waals surface area contributed by atoms with E-state index in [0.717, 1.165) is 6.08 Å². The molecule has 0 aromatic heterocycles. The molecule has 1 N–H and O–H groups in total. The Hall–Kier alpha value is -3.37. The van der Waals surface area contributed by atoms with Gasteiger partial charge in [-0.05, 0) is 42.0 Å². The van der Waals surface area contributed by atoms with Crippen LogP contribution in [0, 0.1) is 17.1 Å². The second-order valence-electron chi connectivity index (χ2n) is 5.19. The van der Waals surface area contributed by atoms with Gasteiger partial charge in [0.1, 0.15) is 6.07 Å². The van der Waals surface area contributed by atoms with E-state index in [4.69, 9.17) is 26.3 Å². The van der Waals surface area contributed by atoms with Gasteiger partial charge in [-0.3, -0.25) is 4.79 Å². The fraction of sp³-hybridized carbons (Fsp3) is 0.105. The molecule has 0 bridgehead atoms. The maximum absolute atomic E-state index is 13.6. The first-order valence-electron chi connectivity index (χ1n) is 7.61. The third-order valence-electron chi connectivity index (χ3n) is 3.31. The maximum atomic E-state index is 13.6. The van der Waals surface area contributed by atoms with Gasteiger partial charge in [0, 0.05) is 11.8 Å². The monoisotopic (exact) mass is 388 g/mol. The van der Waals surface area contributed by atoms with Crippen molar-refractivity contribution in [1.82, 2.24) is 0 Å². The molecule has 0 aliphatic carbocycles. The Balaban J connectivity index is 1.86. The molecule has 0 unspecified atom stereocenters. The number of rotatable bonds is 6. The van der Waals surface area contributed by atoms with Gasteiger partial charge in [0.25, 0.3) is 5.91 Å². The predicted octanol–water partition coefficient (Wildman–Crippen LogP) is 3.55. The molecule has 0 spiro atoms. The minimum atomic E-state index is -0.765. The van der Waals surface area contributed by atoms with Crippen LogP contribution in [0.4, 0.5) is 10.1 Å². The Morgan fingerprint density at radius 3 is 2.70 bits per heavy atom. The highest BCUT2D eigenvalue weighted by Gasteiger charge is 2.08. The molecule has 0 heterocycles. The van der Waals surface area contributed by atoms with E-state index in [2.05, 4.69) is 5.32 Å². The van der Waals surface area contributed by atoms with Crippen LogP contribution in [0.2, 0.25) is 5.02 Å². The number of benzene rings is 2. The van der Waals surface area contributed by atoms with E-state index in [1.165, 1.54) is 43.5 Å². The van der Waals surface area contributed by atoms with Gasteiger partial charge in [0.2, 0.25) is 0 Å². The second kappa shape index (κ2) is 9.36. The summed E-state index contributed by atoms with van der Waals surface area (Å²) in [5.74, 6) is -1.81. The summed E-state index contributed by atoms with van der Waals surface area (Å²) >= 11 is 5.87. The van der Waals surface area contributed by atoms with Crippen LogP contribution in [0.1, 0.15) is 11.1 Å². The number of amides is 1. The molecular formula is C19H14ClFN2O4. The zero-order valence-electron chi connectivity index (χ0n) is 14.2. The molecule has 0 saturated heterocycles. The highest BCUT2D eigenvalue weighted by molar-refractivity contribution is 6.32. The average Bonchev–Trinajstić information content (AvgIpc) is 2.65. The van der Waals surface area contributed by atoms with E-state index in [1.54, 1.807) is 6.07 Å². The number of hydrogen-bond acceptors (Lipinski definition) is 5. The molecule has 138 valence electrons. The number of carbonyl (C=O) groups excluding carboxylic acids is 2. The summed E-state index contributed by atoms with van der Waals surface area (Å²) in [5.41, 5.74) is 1.08. The number of esters is 1. The Labute approximate surface area is 159 Å². The van der Waals surface area contributed by atoms with Gasteiger partial charge in [-0.25, -0.2) is 9.18 Å². The molecule has 6 nitrogen and oxygen atoms in total. The van der Waals surface area contributed by atoms with Gasteiger partial charge in [-0.1, -0.05) is 17.7 Å². The van der Waals surface area contributed by atoms with E-state index in [-0.39, 0.29) is 16.3 Å². The topological polar surface area (TPSA) is 88.4 Å². The zero-order valence-corrected chi connectivity index (χ0v) is 14.9. The molecular weight excluding hydrogens is 375 g/mol. The van der Waals surface area contributed by atoms with Crippen LogP contribution in [0.5, 0.6) is 5.75 Å². The largest absolute Gasteiger partial charge is 0.494 e. The van der Waals surface area contributed by atoms with Crippen LogP contribution in [0.25, 0.3) is 6.08 Å². The van der Waals surface area contributed by atoms with Crippen LogP contribution >= 0.6 is 11.6 Å². The van der Waals surface area contributed by atoms with Crippen molar-refractivity contribution in [1.29, 1.82) is 5.26 Å². The molecule has 8 heteroatoms. The molecule has 2 aromatic rings. The standard InChI is InChI=1S/C19H14ClFN2O4/c1-26-17-6-2-12(8-16(17)21)3-7-19(25)27-11-18(24)23-14-5-4-13(10-22)15(20)9-14/h2-9H,11H2,1H3,(H,23,24)/b7-3+. The number of nitrogens with one attached hydrogen (secondary N) is 1. The molecule has 0 atom stereocenters. The lowest BCUT2D eigenvalue weighted by Gasteiger charge is -2.06. The Morgan fingerprint density at radius 1 is 1.30 bits per heavy atom. The van der Waals surface area contributed by atoms with E-state index < -0.39 is 24.3 Å². The van der Waals surface area contributed by atoms with Crippen molar-refractivity contribution in [3.63, 3.8) is 0 Å². The smallest absolute Gasteiger partial charge is 0.331 e. The SMILES string of the molecule is COc1ccc(/C=C/C(=O)OCC(=O)Nc2ccc(C#N)c(Cl)c2)cc1F. The fourth-order valence-electron chi connectivity index (χ4n) is 2.02. The van der Waals surface area contributed by atoms with Gasteiger partial charge in [0.15, 0.2) is 18.2 Å². The number of nitriles is 1. The quantitative estimate of drug-likeness (QED) is 0.603. The Morgan fingerprint density at radius 2 is 2.07 bits per heavy atom. The number of hydrogen-bond donors (Lipinski definition) is 1. The zero-order chi connectivity index (χ0) is 19.8. The van der Waals surface area contributed by atoms with Gasteiger partial charge < -0.3 is 14.8 Å². The minimum Gasteiger partial charge on any atom is -0.494 e. The molecule has 0 fully saturated rings. The number of ether oxygens (including phenoxy) is 2. The van der Waals surface area contributed by atoms with Crippen LogP contribution < -0.4 is 10.1 Å². The summed E-state index contributed by atoms with van der Waals surface area (Å²) < 4.78 is 23.2. The second-order valence-corrected chi connectivity index (χ2v) is 5.60. The van der Waals surface area contributed by atoms with Gasteiger partial charge in [-0.15, -0.1) is 0 Å². The molecule has 1 amide bonds. The molecule has 2 aromatic carbocycles. The van der Waals surface area contributed by atoms with Crippen molar-refractivity contribution in [2.24, 2.45) is 0 Å². The lowest BCUT2D eigenvalue weighted by Crippen LogP contribution is -2.20. The number of methoxy groups -OCH3 is 1. The first-order chi connectivity index (χ1) is 12.9. The minimum absolute atomic E-state index is 0.0919. The highest BCUT2D eigenvalue weighted by atomic mass is 35.5. The summed E-state index contributed by atoms with van der Waals surface area (Å²) in [6, 6.07) is 10.5. The van der Waals surface area contributed by atoms with Crippen molar-refractivity contribution in [2.75, 3.05) is 19.0 Å². The fourth-order valence-corrected chi connectivity index (χ4v) is 2.24. The van der Waals surface area contributed by atoms with Crippen molar-refractivity contribution in [3.8, 4) is 11.8 Å². The molecule has 0 radical (unpaired) electrons. The lowest BCUT2D eigenvalue weighted by atomic mass is 10.2. The third kappa shape index (κ3) is 5.83. The summed E-state index contributed by atoms with van der Waals surface area (Å²) in [6.07, 6.45) is 2.43. The molecule has 2 rings (SSSR count). The Bertz CT molecular complexity index is 938. The molecule has 0 aliphatic rings. The van der Waals surface area contributed by atoms with Crippen LogP contribution in [0.15, 0.2) is 42.5 Å². The summed E-state index contributed by atoms with van der Waals surface area (Å²) in [5, 5.41) is 11.5. The first-order valence-corrected chi connectivity index (χ1v) is 7.98. The number of nitrogens with zero attached hydrogens (tertiary/aromatic N) is 1.